The molecule has 0 saturated carbocycles. The fraction of sp³-hybridized carbons (Fsp3) is 0.538. The molecule has 0 bridgehead atoms. The molecule has 2 heteroatoms. The average molecular weight is 206 g/mol. The summed E-state index contributed by atoms with van der Waals surface area (Å²) in [6, 6.07) is 6.01. The first-order chi connectivity index (χ1) is 6.97. The number of hydrogen-bond donors (Lipinski definition) is 1. The van der Waals surface area contributed by atoms with E-state index >= 15 is 0 Å². The highest BCUT2D eigenvalue weighted by molar-refractivity contribution is 5.40. The Balaban J connectivity index is 2.37. The van der Waals surface area contributed by atoms with E-state index in [0.29, 0.717) is 0 Å². The monoisotopic (exact) mass is 206 g/mol. The molecule has 1 aromatic rings. The number of fused-ring (bicyclic) bond motifs is 1. The fourth-order valence-corrected chi connectivity index (χ4v) is 1.89. The number of rotatable bonds is 1. The molecule has 2 nitrogen and oxygen atoms in total. The largest absolute Gasteiger partial charge is 0.490 e. The van der Waals surface area contributed by atoms with Crippen LogP contribution in [0, 0.1) is 0 Å². The van der Waals surface area contributed by atoms with Crippen LogP contribution < -0.4 is 4.74 Å². The van der Waals surface area contributed by atoms with E-state index in [4.69, 9.17) is 4.74 Å². The Bertz CT molecular complexity index is 363. The molecule has 1 aliphatic rings. The minimum atomic E-state index is -0.793. The van der Waals surface area contributed by atoms with E-state index in [1.165, 1.54) is 5.56 Å². The number of hydrogen-bond acceptors (Lipinski definition) is 2. The summed E-state index contributed by atoms with van der Waals surface area (Å²) in [4.78, 5) is 0. The van der Waals surface area contributed by atoms with Gasteiger partial charge in [0.2, 0.25) is 0 Å². The molecule has 1 aliphatic heterocycles. The molecule has 0 radical (unpaired) electrons. The van der Waals surface area contributed by atoms with E-state index in [0.717, 1.165) is 24.2 Å². The summed E-state index contributed by atoms with van der Waals surface area (Å²) < 4.78 is 5.76. The van der Waals surface area contributed by atoms with E-state index in [2.05, 4.69) is 13.0 Å². The van der Waals surface area contributed by atoms with Crippen molar-refractivity contribution in [1.29, 1.82) is 0 Å². The Morgan fingerprint density at radius 3 is 2.80 bits per heavy atom. The van der Waals surface area contributed by atoms with Gasteiger partial charge in [-0.3, -0.25) is 0 Å². The van der Waals surface area contributed by atoms with Crippen LogP contribution in [-0.2, 0) is 12.0 Å². The van der Waals surface area contributed by atoms with E-state index < -0.39 is 5.60 Å². The molecule has 0 saturated heterocycles. The van der Waals surface area contributed by atoms with Crippen LogP contribution in [0.4, 0.5) is 0 Å². The highest BCUT2D eigenvalue weighted by Crippen LogP contribution is 2.31. The summed E-state index contributed by atoms with van der Waals surface area (Å²) in [6.45, 7) is 5.67. The Kier molecular flexibility index (Phi) is 2.47. The van der Waals surface area contributed by atoms with Crippen LogP contribution >= 0.6 is 0 Å². The van der Waals surface area contributed by atoms with Gasteiger partial charge in [-0.15, -0.1) is 0 Å². The lowest BCUT2D eigenvalue weighted by Crippen LogP contribution is -2.21. The second-order valence-electron chi connectivity index (χ2n) is 4.85. The third kappa shape index (κ3) is 2.15. The maximum Gasteiger partial charge on any atom is 0.123 e. The molecule has 1 heterocycles. The summed E-state index contributed by atoms with van der Waals surface area (Å²) in [5.74, 6) is 0.938. The zero-order valence-corrected chi connectivity index (χ0v) is 9.58. The molecule has 1 aromatic carbocycles. The van der Waals surface area contributed by atoms with Crippen LogP contribution in [0.15, 0.2) is 18.2 Å². The van der Waals surface area contributed by atoms with Gasteiger partial charge in [0.05, 0.1) is 11.7 Å². The van der Waals surface area contributed by atoms with Crippen LogP contribution in [-0.4, -0.2) is 11.2 Å². The molecule has 82 valence electrons. The van der Waals surface area contributed by atoms with Crippen molar-refractivity contribution in [3.63, 3.8) is 0 Å². The predicted molar refractivity (Wildman–Crippen MR) is 60.1 cm³/mol. The highest BCUT2D eigenvalue weighted by atomic mass is 16.5. The molecule has 2 rings (SSSR count). The third-order valence-corrected chi connectivity index (χ3v) is 2.92. The highest BCUT2D eigenvalue weighted by Gasteiger charge is 2.21. The maximum atomic E-state index is 9.90. The number of aryl methyl sites for hydroxylation is 1. The van der Waals surface area contributed by atoms with Gasteiger partial charge >= 0.3 is 0 Å². The predicted octanol–water partition coefficient (Wildman–Crippen LogP) is 2.63. The molecular weight excluding hydrogens is 188 g/mol. The van der Waals surface area contributed by atoms with E-state index in [-0.39, 0.29) is 6.10 Å². The van der Waals surface area contributed by atoms with Crippen LogP contribution in [0.1, 0.15) is 38.3 Å². The van der Waals surface area contributed by atoms with E-state index in [1.54, 1.807) is 13.8 Å². The Labute approximate surface area is 90.9 Å². The lowest BCUT2D eigenvalue weighted by atomic mass is 9.94. The van der Waals surface area contributed by atoms with Crippen LogP contribution in [0.25, 0.3) is 0 Å². The van der Waals surface area contributed by atoms with Crippen LogP contribution in [0.2, 0.25) is 0 Å². The normalized spacial score (nSPS) is 20.7. The molecule has 15 heavy (non-hydrogen) atoms. The molecule has 0 aromatic heterocycles. The first-order valence-corrected chi connectivity index (χ1v) is 5.49. The molecular formula is C13H18O2. The molecule has 0 amide bonds. The van der Waals surface area contributed by atoms with Gasteiger partial charge in [0.1, 0.15) is 5.75 Å². The number of aliphatic hydroxyl groups is 1. The van der Waals surface area contributed by atoms with E-state index in [1.807, 2.05) is 12.1 Å². The number of ether oxygens (including phenoxy) is 1. The summed E-state index contributed by atoms with van der Waals surface area (Å²) >= 11 is 0. The van der Waals surface area contributed by atoms with Gasteiger partial charge in [0.15, 0.2) is 0 Å². The lowest BCUT2D eigenvalue weighted by molar-refractivity contribution is 0.0778. The van der Waals surface area contributed by atoms with Crippen molar-refractivity contribution in [1.82, 2.24) is 0 Å². The second-order valence-corrected chi connectivity index (χ2v) is 4.85. The Hall–Kier alpha value is -1.02. The van der Waals surface area contributed by atoms with Crippen molar-refractivity contribution in [3.05, 3.63) is 29.3 Å². The second kappa shape index (κ2) is 3.53. The first kappa shape index (κ1) is 10.5. The molecule has 1 atom stereocenters. The summed E-state index contributed by atoms with van der Waals surface area (Å²) in [7, 11) is 0. The minimum Gasteiger partial charge on any atom is -0.490 e. The van der Waals surface area contributed by atoms with E-state index in [9.17, 15) is 5.11 Å². The standard InChI is InChI=1S/C13H18O2/c1-9-4-5-10-6-7-11(13(2,3)14)8-12(10)15-9/h6-9,14H,4-5H2,1-3H3. The summed E-state index contributed by atoms with van der Waals surface area (Å²) in [6.07, 6.45) is 2.44. The quantitative estimate of drug-likeness (QED) is 0.765. The van der Waals surface area contributed by atoms with Gasteiger partial charge in [-0.25, -0.2) is 0 Å². The zero-order valence-electron chi connectivity index (χ0n) is 9.58. The SMILES string of the molecule is CC1CCc2ccc(C(C)(C)O)cc2O1. The average Bonchev–Trinajstić information content (AvgIpc) is 2.15. The topological polar surface area (TPSA) is 29.5 Å². The minimum absolute atomic E-state index is 0.287. The van der Waals surface area contributed by atoms with Gasteiger partial charge in [0, 0.05) is 0 Å². The molecule has 1 unspecified atom stereocenters. The van der Waals surface area contributed by atoms with Crippen molar-refractivity contribution in [2.75, 3.05) is 0 Å². The first-order valence-electron chi connectivity index (χ1n) is 5.49. The Morgan fingerprint density at radius 1 is 1.40 bits per heavy atom. The zero-order chi connectivity index (χ0) is 11.1. The lowest BCUT2D eigenvalue weighted by Gasteiger charge is -2.26. The van der Waals surface area contributed by atoms with Crippen molar-refractivity contribution >= 4 is 0 Å². The smallest absolute Gasteiger partial charge is 0.123 e. The Morgan fingerprint density at radius 2 is 2.13 bits per heavy atom. The molecule has 1 N–H and O–H groups in total. The van der Waals surface area contributed by atoms with Crippen LogP contribution in [0.5, 0.6) is 5.75 Å². The number of benzene rings is 1. The van der Waals surface area contributed by atoms with Gasteiger partial charge in [0.25, 0.3) is 0 Å². The maximum absolute atomic E-state index is 9.90. The van der Waals surface area contributed by atoms with Gasteiger partial charge in [-0.1, -0.05) is 12.1 Å². The molecule has 0 fully saturated rings. The molecule has 0 aliphatic carbocycles. The van der Waals surface area contributed by atoms with Crippen molar-refractivity contribution in [2.24, 2.45) is 0 Å². The van der Waals surface area contributed by atoms with Gasteiger partial charge in [-0.2, -0.15) is 0 Å². The summed E-state index contributed by atoms with van der Waals surface area (Å²) in [5, 5.41) is 9.90. The molecule has 0 spiro atoms. The van der Waals surface area contributed by atoms with Crippen molar-refractivity contribution in [3.8, 4) is 5.75 Å². The fourth-order valence-electron chi connectivity index (χ4n) is 1.89. The van der Waals surface area contributed by atoms with Gasteiger partial charge in [-0.05, 0) is 50.8 Å². The van der Waals surface area contributed by atoms with Crippen LogP contribution in [0.3, 0.4) is 0 Å². The van der Waals surface area contributed by atoms with Crippen molar-refractivity contribution in [2.45, 2.75) is 45.3 Å². The van der Waals surface area contributed by atoms with Crippen molar-refractivity contribution < 1.29 is 9.84 Å². The summed E-state index contributed by atoms with van der Waals surface area (Å²) in [5.41, 5.74) is 1.37. The third-order valence-electron chi connectivity index (χ3n) is 2.92. The van der Waals surface area contributed by atoms with Gasteiger partial charge < -0.3 is 9.84 Å².